The van der Waals surface area contributed by atoms with Crippen molar-refractivity contribution in [3.05, 3.63) is 64.7 Å². The fourth-order valence-electron chi connectivity index (χ4n) is 4.32. The lowest BCUT2D eigenvalue weighted by atomic mass is 10.0. The van der Waals surface area contributed by atoms with Crippen LogP contribution in [0.4, 0.5) is 10.5 Å². The van der Waals surface area contributed by atoms with Crippen molar-refractivity contribution < 1.29 is 28.7 Å². The molecule has 4 rings (SSSR count). The minimum Gasteiger partial charge on any atom is -0.444 e. The van der Waals surface area contributed by atoms with Gasteiger partial charge in [-0.15, -0.1) is 0 Å². The molecule has 1 unspecified atom stereocenters. The number of benzene rings is 2. The normalized spacial score (nSPS) is 17.4. The Morgan fingerprint density at radius 3 is 2.41 bits per heavy atom. The van der Waals surface area contributed by atoms with E-state index in [0.29, 0.717) is 25.2 Å². The summed E-state index contributed by atoms with van der Waals surface area (Å²) in [5.41, 5.74) is 2.42. The van der Waals surface area contributed by atoms with Crippen LogP contribution in [0.1, 0.15) is 65.5 Å². The molecule has 10 nitrogen and oxygen atoms in total. The second kappa shape index (κ2) is 10.4. The largest absolute Gasteiger partial charge is 0.444 e. The highest BCUT2D eigenvalue weighted by Crippen LogP contribution is 2.32. The van der Waals surface area contributed by atoms with Gasteiger partial charge < -0.3 is 15.4 Å². The van der Waals surface area contributed by atoms with Crippen LogP contribution in [0, 0.1) is 0 Å². The molecule has 5 amide bonds. The van der Waals surface area contributed by atoms with Gasteiger partial charge in [0.15, 0.2) is 0 Å². The number of fused-ring (bicyclic) bond motifs is 1. The van der Waals surface area contributed by atoms with Gasteiger partial charge in [0.2, 0.25) is 11.8 Å². The van der Waals surface area contributed by atoms with Gasteiger partial charge in [-0.3, -0.25) is 29.4 Å². The Balaban J connectivity index is 1.34. The molecule has 2 aliphatic heterocycles. The molecule has 37 heavy (non-hydrogen) atoms. The first-order valence-electron chi connectivity index (χ1n) is 12.2. The molecular formula is C27H30N4O6. The Hall–Kier alpha value is -4.21. The maximum atomic E-state index is 13.2. The number of ether oxygens (including phenoxy) is 1. The molecule has 10 heteroatoms. The summed E-state index contributed by atoms with van der Waals surface area (Å²) >= 11 is 0. The highest BCUT2D eigenvalue weighted by molar-refractivity contribution is 6.25. The lowest BCUT2D eigenvalue weighted by Crippen LogP contribution is -2.54. The predicted molar refractivity (Wildman–Crippen MR) is 135 cm³/mol. The summed E-state index contributed by atoms with van der Waals surface area (Å²) in [6.45, 7) is 6.28. The smallest absolute Gasteiger partial charge is 0.407 e. The van der Waals surface area contributed by atoms with E-state index >= 15 is 0 Å². The third-order valence-electron chi connectivity index (χ3n) is 6.06. The zero-order valence-electron chi connectivity index (χ0n) is 21.1. The van der Waals surface area contributed by atoms with Crippen LogP contribution >= 0.6 is 0 Å². The van der Waals surface area contributed by atoms with Crippen molar-refractivity contribution >= 4 is 35.4 Å². The first-order valence-corrected chi connectivity index (χ1v) is 12.2. The standard InChI is InChI=1S/C27H30N4O6/c1-27(2,3)37-26(36)29-15-17-9-7-16(8-10-17)13-14-28-19-6-4-5-18-22(19)25(35)31(24(18)34)20-11-12-21(32)30-23(20)33/h4-10,20,28H,11-15H2,1-3H3,(H,29,36)(H,30,32,33). The molecule has 2 aromatic carbocycles. The molecule has 0 aromatic heterocycles. The van der Waals surface area contributed by atoms with Gasteiger partial charge >= 0.3 is 6.09 Å². The Morgan fingerprint density at radius 1 is 1.03 bits per heavy atom. The molecule has 0 radical (unpaired) electrons. The van der Waals surface area contributed by atoms with E-state index in [-0.39, 0.29) is 24.0 Å². The van der Waals surface area contributed by atoms with Crippen LogP contribution in [0.25, 0.3) is 0 Å². The lowest BCUT2D eigenvalue weighted by Gasteiger charge is -2.27. The number of alkyl carbamates (subject to hydrolysis) is 1. The summed E-state index contributed by atoms with van der Waals surface area (Å²) in [5, 5.41) is 8.16. The summed E-state index contributed by atoms with van der Waals surface area (Å²) in [4.78, 5) is 62.7. The van der Waals surface area contributed by atoms with E-state index in [9.17, 15) is 24.0 Å². The molecule has 1 saturated heterocycles. The van der Waals surface area contributed by atoms with Crippen molar-refractivity contribution in [3.8, 4) is 0 Å². The summed E-state index contributed by atoms with van der Waals surface area (Å²) in [5.74, 6) is -2.12. The highest BCUT2D eigenvalue weighted by atomic mass is 16.6. The first-order chi connectivity index (χ1) is 17.5. The van der Waals surface area contributed by atoms with Crippen LogP contribution in [-0.2, 0) is 27.3 Å². The summed E-state index contributed by atoms with van der Waals surface area (Å²) in [6.07, 6.45) is 0.371. The molecular weight excluding hydrogens is 476 g/mol. The van der Waals surface area contributed by atoms with E-state index in [4.69, 9.17) is 4.74 Å². The Bertz CT molecular complexity index is 1250. The van der Waals surface area contributed by atoms with E-state index in [1.54, 1.807) is 39.0 Å². The number of hydrogen-bond donors (Lipinski definition) is 3. The number of nitrogens with zero attached hydrogens (tertiary/aromatic N) is 1. The molecule has 2 aliphatic rings. The molecule has 0 spiro atoms. The number of carbonyl (C=O) groups excluding carboxylic acids is 5. The van der Waals surface area contributed by atoms with Crippen LogP contribution < -0.4 is 16.0 Å². The molecule has 1 fully saturated rings. The number of imide groups is 2. The molecule has 2 aromatic rings. The number of rotatable bonds is 7. The Kier molecular flexibility index (Phi) is 7.28. The van der Waals surface area contributed by atoms with Crippen molar-refractivity contribution in [2.24, 2.45) is 0 Å². The van der Waals surface area contributed by atoms with Crippen LogP contribution in [0.5, 0.6) is 0 Å². The monoisotopic (exact) mass is 506 g/mol. The van der Waals surface area contributed by atoms with Gasteiger partial charge in [0, 0.05) is 25.2 Å². The second-order valence-electron chi connectivity index (χ2n) is 10.0. The maximum absolute atomic E-state index is 13.2. The van der Waals surface area contributed by atoms with Gasteiger partial charge in [0.05, 0.1) is 11.1 Å². The quantitative estimate of drug-likeness (QED) is 0.492. The van der Waals surface area contributed by atoms with E-state index in [0.717, 1.165) is 16.0 Å². The molecule has 0 bridgehead atoms. The van der Waals surface area contributed by atoms with Crippen LogP contribution in [0.3, 0.4) is 0 Å². The predicted octanol–water partition coefficient (Wildman–Crippen LogP) is 2.77. The summed E-state index contributed by atoms with van der Waals surface area (Å²) in [7, 11) is 0. The van der Waals surface area contributed by atoms with Crippen LogP contribution in [0.15, 0.2) is 42.5 Å². The molecule has 3 N–H and O–H groups in total. The maximum Gasteiger partial charge on any atom is 0.407 e. The van der Waals surface area contributed by atoms with Gasteiger partial charge in [0.25, 0.3) is 11.8 Å². The van der Waals surface area contributed by atoms with Crippen molar-refractivity contribution in [2.45, 2.75) is 58.2 Å². The third-order valence-corrected chi connectivity index (χ3v) is 6.06. The number of anilines is 1. The van der Waals surface area contributed by atoms with Gasteiger partial charge in [0.1, 0.15) is 11.6 Å². The Morgan fingerprint density at radius 2 is 1.73 bits per heavy atom. The number of carbonyl (C=O) groups is 5. The fraction of sp³-hybridized carbons (Fsp3) is 0.370. The van der Waals surface area contributed by atoms with E-state index in [2.05, 4.69) is 16.0 Å². The van der Waals surface area contributed by atoms with Gasteiger partial charge in [-0.05, 0) is 56.9 Å². The zero-order chi connectivity index (χ0) is 26.7. The van der Waals surface area contributed by atoms with Crippen molar-refractivity contribution in [1.82, 2.24) is 15.5 Å². The number of hydrogen-bond acceptors (Lipinski definition) is 7. The topological polar surface area (TPSA) is 134 Å². The minimum absolute atomic E-state index is 0.0742. The average molecular weight is 507 g/mol. The van der Waals surface area contributed by atoms with E-state index in [1.807, 2.05) is 24.3 Å². The minimum atomic E-state index is -0.999. The lowest BCUT2D eigenvalue weighted by molar-refractivity contribution is -0.136. The van der Waals surface area contributed by atoms with Crippen LogP contribution in [0.2, 0.25) is 0 Å². The number of nitrogens with one attached hydrogen (secondary N) is 3. The van der Waals surface area contributed by atoms with Crippen molar-refractivity contribution in [3.63, 3.8) is 0 Å². The highest BCUT2D eigenvalue weighted by Gasteiger charge is 2.45. The Labute approximate surface area is 214 Å². The second-order valence-corrected chi connectivity index (χ2v) is 10.0. The van der Waals surface area contributed by atoms with Gasteiger partial charge in [-0.25, -0.2) is 4.79 Å². The fourth-order valence-corrected chi connectivity index (χ4v) is 4.32. The van der Waals surface area contributed by atoms with Crippen LogP contribution in [-0.4, -0.2) is 52.8 Å². The third kappa shape index (κ3) is 5.96. The van der Waals surface area contributed by atoms with E-state index in [1.165, 1.54) is 0 Å². The summed E-state index contributed by atoms with van der Waals surface area (Å²) < 4.78 is 5.24. The molecule has 0 saturated carbocycles. The number of amides is 5. The summed E-state index contributed by atoms with van der Waals surface area (Å²) in [6, 6.07) is 11.7. The molecule has 0 aliphatic carbocycles. The number of piperidine rings is 1. The van der Waals surface area contributed by atoms with Crippen molar-refractivity contribution in [2.75, 3.05) is 11.9 Å². The SMILES string of the molecule is CC(C)(C)OC(=O)NCc1ccc(CCNc2cccc3c2C(=O)N(C2CCC(=O)NC2=O)C3=O)cc1. The average Bonchev–Trinajstić information content (AvgIpc) is 3.08. The van der Waals surface area contributed by atoms with Crippen molar-refractivity contribution in [1.29, 1.82) is 0 Å². The van der Waals surface area contributed by atoms with Gasteiger partial charge in [-0.1, -0.05) is 30.3 Å². The molecule has 194 valence electrons. The first kappa shape index (κ1) is 25.9. The van der Waals surface area contributed by atoms with Gasteiger partial charge in [-0.2, -0.15) is 0 Å². The zero-order valence-corrected chi connectivity index (χ0v) is 21.1. The molecule has 1 atom stereocenters. The van der Waals surface area contributed by atoms with E-state index < -0.39 is 41.4 Å². The molecule has 2 heterocycles.